The van der Waals surface area contributed by atoms with Crippen LogP contribution in [0.1, 0.15) is 31.7 Å². The Bertz CT molecular complexity index is 658. The molecule has 0 spiro atoms. The molecular weight excluding hydrogens is 320 g/mol. The van der Waals surface area contributed by atoms with Gasteiger partial charge in [0.25, 0.3) is 5.91 Å². The molecular formula is C19H24N2O4. The molecule has 1 saturated heterocycles. The smallest absolute Gasteiger partial charge is 0.262 e. The van der Waals surface area contributed by atoms with Gasteiger partial charge in [-0.1, -0.05) is 13.0 Å². The average molecular weight is 344 g/mol. The standard InChI is InChI=1S/C19H24N2O4/c1-3-8-25-17-7-6-14(11-18(17)23-2)10-15(12-20)19(22)21-13-16-5-4-9-24-16/h6-7,10-11,16H,3-5,8-9,13H2,1-2H3,(H,21,22)/b15-10+/t16-/m1/s1. The number of methoxy groups -OCH3 is 1. The molecule has 25 heavy (non-hydrogen) atoms. The highest BCUT2D eigenvalue weighted by Gasteiger charge is 2.17. The highest BCUT2D eigenvalue weighted by Crippen LogP contribution is 2.29. The van der Waals surface area contributed by atoms with Crippen LogP contribution in [0, 0.1) is 11.3 Å². The molecule has 1 fully saturated rings. The van der Waals surface area contributed by atoms with Crippen molar-refractivity contribution in [3.63, 3.8) is 0 Å². The Morgan fingerprint density at radius 1 is 1.48 bits per heavy atom. The fourth-order valence-corrected chi connectivity index (χ4v) is 2.53. The van der Waals surface area contributed by atoms with Crippen molar-refractivity contribution in [2.24, 2.45) is 0 Å². The zero-order valence-corrected chi connectivity index (χ0v) is 14.7. The minimum absolute atomic E-state index is 0.0407. The lowest BCUT2D eigenvalue weighted by Crippen LogP contribution is -2.32. The molecule has 1 aliphatic heterocycles. The van der Waals surface area contributed by atoms with Gasteiger partial charge in [-0.2, -0.15) is 5.26 Å². The molecule has 2 rings (SSSR count). The van der Waals surface area contributed by atoms with E-state index in [-0.39, 0.29) is 11.7 Å². The molecule has 1 amide bonds. The van der Waals surface area contributed by atoms with Gasteiger partial charge in [-0.15, -0.1) is 0 Å². The predicted molar refractivity (Wildman–Crippen MR) is 94.4 cm³/mol. The molecule has 1 heterocycles. The number of rotatable bonds is 8. The summed E-state index contributed by atoms with van der Waals surface area (Å²) in [6.45, 7) is 3.78. The Kier molecular flexibility index (Phi) is 7.30. The van der Waals surface area contributed by atoms with E-state index in [1.165, 1.54) is 6.08 Å². The van der Waals surface area contributed by atoms with Crippen molar-refractivity contribution in [1.29, 1.82) is 5.26 Å². The summed E-state index contributed by atoms with van der Waals surface area (Å²) in [4.78, 5) is 12.2. The van der Waals surface area contributed by atoms with Gasteiger partial charge in [0, 0.05) is 13.2 Å². The van der Waals surface area contributed by atoms with E-state index in [9.17, 15) is 10.1 Å². The monoisotopic (exact) mass is 344 g/mol. The van der Waals surface area contributed by atoms with Gasteiger partial charge in [-0.05, 0) is 43.0 Å². The second kappa shape index (κ2) is 9.70. The third-order valence-electron chi connectivity index (χ3n) is 3.84. The van der Waals surface area contributed by atoms with Crippen LogP contribution < -0.4 is 14.8 Å². The average Bonchev–Trinajstić information content (AvgIpc) is 3.16. The molecule has 6 heteroatoms. The third kappa shape index (κ3) is 5.50. The number of carbonyl (C=O) groups excluding carboxylic acids is 1. The summed E-state index contributed by atoms with van der Waals surface area (Å²) in [6.07, 6.45) is 4.42. The largest absolute Gasteiger partial charge is 0.493 e. The summed E-state index contributed by atoms with van der Waals surface area (Å²) in [5, 5.41) is 12.0. The van der Waals surface area contributed by atoms with Gasteiger partial charge in [0.05, 0.1) is 19.8 Å². The molecule has 0 aliphatic carbocycles. The Labute approximate surface area is 148 Å². The van der Waals surface area contributed by atoms with Crippen LogP contribution in [0.5, 0.6) is 11.5 Å². The molecule has 0 bridgehead atoms. The van der Waals surface area contributed by atoms with Gasteiger partial charge >= 0.3 is 0 Å². The number of benzene rings is 1. The number of nitrogens with one attached hydrogen (secondary N) is 1. The van der Waals surface area contributed by atoms with Gasteiger partial charge in [0.1, 0.15) is 11.6 Å². The first-order chi connectivity index (χ1) is 12.2. The quantitative estimate of drug-likeness (QED) is 0.579. The molecule has 134 valence electrons. The van der Waals surface area contributed by atoms with E-state index >= 15 is 0 Å². The second-order valence-electron chi connectivity index (χ2n) is 5.77. The van der Waals surface area contributed by atoms with Crippen LogP contribution in [0.4, 0.5) is 0 Å². The first-order valence-corrected chi connectivity index (χ1v) is 8.50. The number of carbonyl (C=O) groups is 1. The summed E-state index contributed by atoms with van der Waals surface area (Å²) >= 11 is 0. The minimum Gasteiger partial charge on any atom is -0.493 e. The first kappa shape index (κ1) is 18.8. The molecule has 6 nitrogen and oxygen atoms in total. The van der Waals surface area contributed by atoms with Crippen LogP contribution >= 0.6 is 0 Å². The topological polar surface area (TPSA) is 80.6 Å². The number of amides is 1. The fraction of sp³-hybridized carbons (Fsp3) is 0.474. The van der Waals surface area contributed by atoms with E-state index < -0.39 is 5.91 Å². The lowest BCUT2D eigenvalue weighted by molar-refractivity contribution is -0.117. The van der Waals surface area contributed by atoms with E-state index in [1.54, 1.807) is 25.3 Å². The Hall–Kier alpha value is -2.52. The highest BCUT2D eigenvalue weighted by molar-refractivity contribution is 6.01. The van der Waals surface area contributed by atoms with Crippen molar-refractivity contribution in [3.05, 3.63) is 29.3 Å². The van der Waals surface area contributed by atoms with Crippen molar-refractivity contribution in [1.82, 2.24) is 5.32 Å². The summed E-state index contributed by atoms with van der Waals surface area (Å²) in [7, 11) is 1.56. The minimum atomic E-state index is -0.400. The van der Waals surface area contributed by atoms with Crippen molar-refractivity contribution < 1.29 is 19.0 Å². The highest BCUT2D eigenvalue weighted by atomic mass is 16.5. The number of hydrogen-bond donors (Lipinski definition) is 1. The molecule has 1 N–H and O–H groups in total. The molecule has 1 aromatic carbocycles. The fourth-order valence-electron chi connectivity index (χ4n) is 2.53. The van der Waals surface area contributed by atoms with Crippen LogP contribution in [-0.2, 0) is 9.53 Å². The van der Waals surface area contributed by atoms with Crippen LogP contribution in [0.15, 0.2) is 23.8 Å². The molecule has 1 aliphatic rings. The molecule has 0 unspecified atom stereocenters. The van der Waals surface area contributed by atoms with Crippen molar-refractivity contribution in [2.45, 2.75) is 32.3 Å². The van der Waals surface area contributed by atoms with Crippen molar-refractivity contribution in [3.8, 4) is 17.6 Å². The maximum atomic E-state index is 12.2. The van der Waals surface area contributed by atoms with Crippen LogP contribution in [0.25, 0.3) is 6.08 Å². The summed E-state index contributed by atoms with van der Waals surface area (Å²) in [5.41, 5.74) is 0.742. The van der Waals surface area contributed by atoms with E-state index in [4.69, 9.17) is 14.2 Å². The van der Waals surface area contributed by atoms with Crippen LogP contribution in [0.3, 0.4) is 0 Å². The summed E-state index contributed by atoms with van der Waals surface area (Å²) in [5.74, 6) is 0.811. The van der Waals surface area contributed by atoms with Crippen LogP contribution in [0.2, 0.25) is 0 Å². The lowest BCUT2D eigenvalue weighted by atomic mass is 10.1. The van der Waals surface area contributed by atoms with Gasteiger partial charge in [-0.25, -0.2) is 0 Å². The SMILES string of the molecule is CCCOc1ccc(/C=C(\C#N)C(=O)NC[C@H]2CCCO2)cc1OC. The zero-order valence-electron chi connectivity index (χ0n) is 14.7. The number of ether oxygens (including phenoxy) is 3. The number of nitriles is 1. The Morgan fingerprint density at radius 2 is 2.32 bits per heavy atom. The molecule has 1 atom stereocenters. The third-order valence-corrected chi connectivity index (χ3v) is 3.84. The predicted octanol–water partition coefficient (Wildman–Crippen LogP) is 2.69. The molecule has 0 radical (unpaired) electrons. The van der Waals surface area contributed by atoms with Crippen LogP contribution in [-0.4, -0.2) is 38.9 Å². The van der Waals surface area contributed by atoms with Gasteiger partial charge < -0.3 is 19.5 Å². The molecule has 1 aromatic rings. The zero-order chi connectivity index (χ0) is 18.1. The maximum absolute atomic E-state index is 12.2. The van der Waals surface area contributed by atoms with E-state index in [0.29, 0.717) is 30.2 Å². The van der Waals surface area contributed by atoms with Gasteiger partial charge in [-0.3, -0.25) is 4.79 Å². The summed E-state index contributed by atoms with van der Waals surface area (Å²) in [6, 6.07) is 7.26. The second-order valence-corrected chi connectivity index (χ2v) is 5.77. The van der Waals surface area contributed by atoms with Gasteiger partial charge in [0.2, 0.25) is 0 Å². The first-order valence-electron chi connectivity index (χ1n) is 8.50. The molecule has 0 saturated carbocycles. The van der Waals surface area contributed by atoms with E-state index in [1.807, 2.05) is 13.0 Å². The van der Waals surface area contributed by atoms with E-state index in [0.717, 1.165) is 25.9 Å². The Balaban J connectivity index is 2.06. The van der Waals surface area contributed by atoms with E-state index in [2.05, 4.69) is 5.32 Å². The summed E-state index contributed by atoms with van der Waals surface area (Å²) < 4.78 is 16.4. The van der Waals surface area contributed by atoms with Gasteiger partial charge in [0.15, 0.2) is 11.5 Å². The van der Waals surface area contributed by atoms with Crippen molar-refractivity contribution in [2.75, 3.05) is 26.9 Å². The Morgan fingerprint density at radius 3 is 2.96 bits per heavy atom. The number of nitrogens with zero attached hydrogens (tertiary/aromatic N) is 1. The normalized spacial score (nSPS) is 17.0. The lowest BCUT2D eigenvalue weighted by Gasteiger charge is -2.11. The number of hydrogen-bond acceptors (Lipinski definition) is 5. The van der Waals surface area contributed by atoms with Crippen molar-refractivity contribution >= 4 is 12.0 Å². The molecule has 0 aromatic heterocycles. The maximum Gasteiger partial charge on any atom is 0.262 e.